The summed E-state index contributed by atoms with van der Waals surface area (Å²) in [6, 6.07) is 2.05. The SMILES string of the molecule is CC(=O)c1ccc([N+](=O)[O-])c(Br)c1C(F)F. The molecule has 0 bridgehead atoms. The number of ketones is 1. The van der Waals surface area contributed by atoms with Gasteiger partial charge in [0.25, 0.3) is 12.1 Å². The zero-order valence-corrected chi connectivity index (χ0v) is 9.62. The average Bonchev–Trinajstić information content (AvgIpc) is 2.15. The molecular formula is C9H6BrF2NO3. The highest BCUT2D eigenvalue weighted by atomic mass is 79.9. The topological polar surface area (TPSA) is 60.2 Å². The van der Waals surface area contributed by atoms with Crippen LogP contribution in [0.15, 0.2) is 16.6 Å². The lowest BCUT2D eigenvalue weighted by Crippen LogP contribution is -2.03. The van der Waals surface area contributed by atoms with Crippen molar-refractivity contribution in [2.24, 2.45) is 0 Å². The maximum atomic E-state index is 12.7. The molecule has 0 aliphatic heterocycles. The second kappa shape index (κ2) is 4.65. The molecule has 0 fully saturated rings. The van der Waals surface area contributed by atoms with Crippen molar-refractivity contribution >= 4 is 27.4 Å². The lowest BCUT2D eigenvalue weighted by atomic mass is 10.0. The number of nitro groups is 1. The van der Waals surface area contributed by atoms with Crippen LogP contribution in [0.1, 0.15) is 29.3 Å². The summed E-state index contributed by atoms with van der Waals surface area (Å²) in [6.07, 6.45) is -2.95. The van der Waals surface area contributed by atoms with Gasteiger partial charge in [-0.25, -0.2) is 8.78 Å². The van der Waals surface area contributed by atoms with Crippen LogP contribution in [-0.4, -0.2) is 10.7 Å². The molecule has 1 rings (SSSR count). The van der Waals surface area contributed by atoms with E-state index < -0.39 is 28.4 Å². The molecule has 0 unspecified atom stereocenters. The molecule has 7 heteroatoms. The van der Waals surface area contributed by atoms with Crippen molar-refractivity contribution in [2.75, 3.05) is 0 Å². The summed E-state index contributed by atoms with van der Waals surface area (Å²) in [7, 11) is 0. The first-order valence-electron chi connectivity index (χ1n) is 4.12. The third-order valence-corrected chi connectivity index (χ3v) is 2.79. The molecular weight excluding hydrogens is 288 g/mol. The molecule has 0 amide bonds. The Labute approximate surface area is 97.5 Å². The van der Waals surface area contributed by atoms with Crippen LogP contribution in [0.3, 0.4) is 0 Å². The first-order chi connectivity index (χ1) is 7.36. The molecule has 16 heavy (non-hydrogen) atoms. The van der Waals surface area contributed by atoms with Crippen LogP contribution in [0.5, 0.6) is 0 Å². The summed E-state index contributed by atoms with van der Waals surface area (Å²) in [5.41, 5.74) is -1.34. The van der Waals surface area contributed by atoms with Gasteiger partial charge in [0.1, 0.15) is 4.47 Å². The monoisotopic (exact) mass is 293 g/mol. The van der Waals surface area contributed by atoms with Crippen LogP contribution in [0.25, 0.3) is 0 Å². The van der Waals surface area contributed by atoms with E-state index in [9.17, 15) is 23.7 Å². The molecule has 0 radical (unpaired) electrons. The van der Waals surface area contributed by atoms with Gasteiger partial charge < -0.3 is 0 Å². The molecule has 0 aliphatic carbocycles. The minimum Gasteiger partial charge on any atom is -0.294 e. The molecule has 0 heterocycles. The van der Waals surface area contributed by atoms with Gasteiger partial charge in [-0.3, -0.25) is 14.9 Å². The highest BCUT2D eigenvalue weighted by Gasteiger charge is 2.26. The van der Waals surface area contributed by atoms with Crippen molar-refractivity contribution in [1.82, 2.24) is 0 Å². The first-order valence-corrected chi connectivity index (χ1v) is 4.91. The number of rotatable bonds is 3. The quantitative estimate of drug-likeness (QED) is 0.487. The van der Waals surface area contributed by atoms with E-state index in [0.29, 0.717) is 0 Å². The maximum absolute atomic E-state index is 12.7. The molecule has 86 valence electrons. The molecule has 0 saturated heterocycles. The van der Waals surface area contributed by atoms with E-state index in [-0.39, 0.29) is 10.0 Å². The fraction of sp³-hybridized carbons (Fsp3) is 0.222. The fourth-order valence-electron chi connectivity index (χ4n) is 1.24. The Morgan fingerprint density at radius 1 is 1.50 bits per heavy atom. The van der Waals surface area contributed by atoms with E-state index in [4.69, 9.17) is 0 Å². The van der Waals surface area contributed by atoms with E-state index in [1.54, 1.807) is 0 Å². The van der Waals surface area contributed by atoms with E-state index in [0.717, 1.165) is 19.1 Å². The third-order valence-electron chi connectivity index (χ3n) is 1.95. The largest absolute Gasteiger partial charge is 0.294 e. The van der Waals surface area contributed by atoms with Crippen LogP contribution in [-0.2, 0) is 0 Å². The van der Waals surface area contributed by atoms with E-state index in [1.165, 1.54) is 0 Å². The minimum absolute atomic E-state index is 0.215. The number of halogens is 3. The number of hydrogen-bond donors (Lipinski definition) is 0. The van der Waals surface area contributed by atoms with Crippen molar-refractivity contribution in [2.45, 2.75) is 13.3 Å². The standard InChI is InChI=1S/C9H6BrF2NO3/c1-4(14)5-2-3-6(13(15)16)8(10)7(5)9(11)12/h2-3,9H,1H3. The van der Waals surface area contributed by atoms with Crippen LogP contribution in [0, 0.1) is 10.1 Å². The number of Topliss-reactive ketones (excluding diaryl/α,β-unsaturated/α-hetero) is 1. The highest BCUT2D eigenvalue weighted by molar-refractivity contribution is 9.10. The number of carbonyl (C=O) groups excluding carboxylic acids is 1. The Kier molecular flexibility index (Phi) is 3.69. The average molecular weight is 294 g/mol. The normalized spacial score (nSPS) is 10.6. The minimum atomic E-state index is -2.95. The first kappa shape index (κ1) is 12.7. The van der Waals surface area contributed by atoms with Crippen LogP contribution in [0.4, 0.5) is 14.5 Å². The van der Waals surface area contributed by atoms with Crippen molar-refractivity contribution in [3.63, 3.8) is 0 Å². The van der Waals surface area contributed by atoms with Crippen molar-refractivity contribution < 1.29 is 18.5 Å². The van der Waals surface area contributed by atoms with Crippen molar-refractivity contribution in [3.8, 4) is 0 Å². The number of hydrogen-bond acceptors (Lipinski definition) is 3. The summed E-state index contributed by atoms with van der Waals surface area (Å²) in [5.74, 6) is -0.564. The van der Waals surface area contributed by atoms with Gasteiger partial charge in [0, 0.05) is 17.2 Å². The Bertz CT molecular complexity index is 462. The van der Waals surface area contributed by atoms with Crippen LogP contribution >= 0.6 is 15.9 Å². The van der Waals surface area contributed by atoms with Crippen molar-refractivity contribution in [3.05, 3.63) is 37.8 Å². The van der Waals surface area contributed by atoms with Crippen LogP contribution in [0.2, 0.25) is 0 Å². The van der Waals surface area contributed by atoms with Gasteiger partial charge in [-0.2, -0.15) is 0 Å². The number of benzene rings is 1. The predicted molar refractivity (Wildman–Crippen MR) is 55.8 cm³/mol. The second-order valence-electron chi connectivity index (χ2n) is 2.97. The summed E-state index contributed by atoms with van der Waals surface area (Å²) in [6.45, 7) is 1.12. The Morgan fingerprint density at radius 2 is 2.06 bits per heavy atom. The number of nitrogens with zero attached hydrogens (tertiary/aromatic N) is 1. The fourth-order valence-corrected chi connectivity index (χ4v) is 1.91. The molecule has 0 aromatic heterocycles. The van der Waals surface area contributed by atoms with Crippen molar-refractivity contribution in [1.29, 1.82) is 0 Å². The summed E-state index contributed by atoms with van der Waals surface area (Å²) >= 11 is 2.73. The summed E-state index contributed by atoms with van der Waals surface area (Å²) in [4.78, 5) is 20.8. The van der Waals surface area contributed by atoms with Gasteiger partial charge in [0.05, 0.1) is 4.92 Å². The third kappa shape index (κ3) is 2.24. The van der Waals surface area contributed by atoms with Crippen LogP contribution < -0.4 is 0 Å². The van der Waals surface area contributed by atoms with E-state index in [2.05, 4.69) is 15.9 Å². The van der Waals surface area contributed by atoms with Gasteiger partial charge in [-0.1, -0.05) is 0 Å². The lowest BCUT2D eigenvalue weighted by Gasteiger charge is -2.08. The molecule has 0 saturated carbocycles. The van der Waals surface area contributed by atoms with Gasteiger partial charge in [-0.05, 0) is 28.9 Å². The molecule has 0 spiro atoms. The molecule has 0 atom stereocenters. The van der Waals surface area contributed by atoms with Gasteiger partial charge in [0.15, 0.2) is 5.78 Å². The molecule has 4 nitrogen and oxygen atoms in total. The lowest BCUT2D eigenvalue weighted by molar-refractivity contribution is -0.385. The van der Waals surface area contributed by atoms with Gasteiger partial charge >= 0.3 is 0 Å². The maximum Gasteiger partial charge on any atom is 0.284 e. The Hall–Kier alpha value is -1.37. The smallest absolute Gasteiger partial charge is 0.284 e. The predicted octanol–water partition coefficient (Wildman–Crippen LogP) is 3.50. The number of carbonyl (C=O) groups is 1. The van der Waals surface area contributed by atoms with E-state index in [1.807, 2.05) is 0 Å². The molecule has 1 aromatic rings. The highest BCUT2D eigenvalue weighted by Crippen LogP contribution is 2.37. The molecule has 1 aromatic carbocycles. The van der Waals surface area contributed by atoms with E-state index >= 15 is 0 Å². The Balaban J connectivity index is 3.54. The number of nitro benzene ring substituents is 1. The second-order valence-corrected chi connectivity index (χ2v) is 3.77. The number of alkyl halides is 2. The summed E-state index contributed by atoms with van der Waals surface area (Å²) < 4.78 is 25.0. The van der Waals surface area contributed by atoms with Gasteiger partial charge in [-0.15, -0.1) is 0 Å². The Morgan fingerprint density at radius 3 is 2.44 bits per heavy atom. The zero-order chi connectivity index (χ0) is 12.5. The summed E-state index contributed by atoms with van der Waals surface area (Å²) in [5, 5.41) is 10.5. The zero-order valence-electron chi connectivity index (χ0n) is 8.04. The van der Waals surface area contributed by atoms with Gasteiger partial charge in [0.2, 0.25) is 0 Å². The molecule has 0 aliphatic rings. The molecule has 0 N–H and O–H groups in total.